The first-order valence-corrected chi connectivity index (χ1v) is 14.6. The number of nitrogens with zero attached hydrogens (tertiary/aromatic N) is 4. The summed E-state index contributed by atoms with van der Waals surface area (Å²) in [6.07, 6.45) is -4.72. The predicted molar refractivity (Wildman–Crippen MR) is 146 cm³/mol. The Morgan fingerprint density at radius 1 is 1.20 bits per heavy atom. The zero-order valence-corrected chi connectivity index (χ0v) is 24.9. The Balaban J connectivity index is 1.73. The Kier molecular flexibility index (Phi) is 11.0. The highest BCUT2D eigenvalue weighted by atomic mass is 35.5. The second-order valence-corrected chi connectivity index (χ2v) is 11.3. The third-order valence-corrected chi connectivity index (χ3v) is 7.97. The third kappa shape index (κ3) is 7.74. The maximum absolute atomic E-state index is 13.6. The van der Waals surface area contributed by atoms with Crippen LogP contribution in [0.5, 0.6) is 0 Å². The van der Waals surface area contributed by atoms with Crippen LogP contribution in [0.15, 0.2) is 51.2 Å². The highest BCUT2D eigenvalue weighted by Gasteiger charge is 2.61. The SMILES string of the molecule is COCC(=O)O[C@H]1[C@H](n2ccc(=O)[nH]c2=O)O[C@@](COP2(=O)OCC[C@@H](c3cccc(Cl)c3)O2)(N=[N+]=[N-])[C@H]1OC(=O)COC. The molecule has 0 spiro atoms. The molecule has 2 aliphatic heterocycles. The van der Waals surface area contributed by atoms with Gasteiger partial charge in [-0.1, -0.05) is 28.8 Å². The van der Waals surface area contributed by atoms with Gasteiger partial charge in [-0.3, -0.25) is 27.9 Å². The van der Waals surface area contributed by atoms with Crippen LogP contribution in [0, 0.1) is 0 Å². The van der Waals surface area contributed by atoms with Crippen molar-refractivity contribution in [3.8, 4) is 0 Å². The maximum Gasteiger partial charge on any atom is 0.475 e. The van der Waals surface area contributed by atoms with E-state index in [2.05, 4.69) is 10.0 Å². The molecule has 4 rings (SSSR count). The second-order valence-electron chi connectivity index (χ2n) is 9.28. The summed E-state index contributed by atoms with van der Waals surface area (Å²) in [6, 6.07) is 7.60. The molecule has 2 fully saturated rings. The van der Waals surface area contributed by atoms with Gasteiger partial charge in [0.05, 0.1) is 19.3 Å². The minimum absolute atomic E-state index is 0.0667. The van der Waals surface area contributed by atoms with Gasteiger partial charge in [0, 0.05) is 42.8 Å². The Hall–Kier alpha value is -3.57. The summed E-state index contributed by atoms with van der Waals surface area (Å²) in [5.74, 6) is -2.02. The lowest BCUT2D eigenvalue weighted by molar-refractivity contribution is -0.177. The Morgan fingerprint density at radius 3 is 2.59 bits per heavy atom. The van der Waals surface area contributed by atoms with Gasteiger partial charge in [0.2, 0.25) is 5.72 Å². The van der Waals surface area contributed by atoms with Gasteiger partial charge in [-0.05, 0) is 23.2 Å². The lowest BCUT2D eigenvalue weighted by Gasteiger charge is -2.33. The van der Waals surface area contributed by atoms with Gasteiger partial charge in [-0.25, -0.2) is 18.9 Å². The number of esters is 2. The first-order chi connectivity index (χ1) is 21.0. The van der Waals surface area contributed by atoms with Crippen molar-refractivity contribution in [2.24, 2.45) is 5.11 Å². The largest absolute Gasteiger partial charge is 0.475 e. The molecule has 2 aromatic rings. The number of halogens is 1. The second kappa shape index (κ2) is 14.5. The van der Waals surface area contributed by atoms with Crippen molar-refractivity contribution in [3.63, 3.8) is 0 Å². The molecule has 44 heavy (non-hydrogen) atoms. The summed E-state index contributed by atoms with van der Waals surface area (Å²) in [5, 5.41) is 4.05. The van der Waals surface area contributed by atoms with Gasteiger partial charge in [0.25, 0.3) is 5.56 Å². The third-order valence-electron chi connectivity index (χ3n) is 6.27. The Bertz CT molecular complexity index is 1580. The highest BCUT2D eigenvalue weighted by Crippen LogP contribution is 2.58. The van der Waals surface area contributed by atoms with Gasteiger partial charge in [-0.2, -0.15) is 0 Å². The van der Waals surface area contributed by atoms with Crippen LogP contribution in [-0.4, -0.2) is 80.1 Å². The molecule has 6 atom stereocenters. The topological polar surface area (TPSA) is 229 Å². The number of phosphoric acid groups is 1. The molecule has 2 saturated heterocycles. The lowest BCUT2D eigenvalue weighted by Crippen LogP contribution is -2.49. The molecule has 0 amide bonds. The molecule has 0 bridgehead atoms. The highest BCUT2D eigenvalue weighted by molar-refractivity contribution is 7.48. The molecule has 1 aromatic heterocycles. The van der Waals surface area contributed by atoms with Crippen LogP contribution in [0.2, 0.25) is 5.02 Å². The number of aromatic amines is 1. The number of nitrogens with one attached hydrogen (secondary N) is 1. The van der Waals surface area contributed by atoms with Crippen molar-refractivity contribution in [1.82, 2.24) is 9.55 Å². The zero-order chi connectivity index (χ0) is 31.9. The number of hydrogen-bond acceptors (Lipinski definition) is 14. The van der Waals surface area contributed by atoms with E-state index in [-0.39, 0.29) is 13.0 Å². The summed E-state index contributed by atoms with van der Waals surface area (Å²) < 4.78 is 57.4. The zero-order valence-electron chi connectivity index (χ0n) is 23.2. The molecule has 238 valence electrons. The van der Waals surface area contributed by atoms with Crippen LogP contribution >= 0.6 is 19.4 Å². The first kappa shape index (κ1) is 33.3. The quantitative estimate of drug-likeness (QED) is 0.113. The number of ether oxygens (including phenoxy) is 5. The van der Waals surface area contributed by atoms with Crippen LogP contribution in [0.3, 0.4) is 0 Å². The van der Waals surface area contributed by atoms with Crippen molar-refractivity contribution in [3.05, 3.63) is 78.4 Å². The summed E-state index contributed by atoms with van der Waals surface area (Å²) in [6.45, 7) is -2.20. The molecule has 0 radical (unpaired) electrons. The fourth-order valence-corrected chi connectivity index (χ4v) is 6.06. The number of carbonyl (C=O) groups is 2. The van der Waals surface area contributed by atoms with E-state index in [1.165, 1.54) is 14.2 Å². The van der Waals surface area contributed by atoms with Crippen molar-refractivity contribution in [1.29, 1.82) is 0 Å². The molecule has 0 saturated carbocycles. The minimum atomic E-state index is -4.42. The summed E-state index contributed by atoms with van der Waals surface area (Å²) in [4.78, 5) is 54.4. The number of methoxy groups -OCH3 is 2. The molecule has 3 heterocycles. The number of aromatic nitrogens is 2. The van der Waals surface area contributed by atoms with E-state index < -0.39 is 81.1 Å². The van der Waals surface area contributed by atoms with Crippen LogP contribution in [-0.2, 0) is 51.4 Å². The van der Waals surface area contributed by atoms with E-state index >= 15 is 0 Å². The van der Waals surface area contributed by atoms with Crippen LogP contribution in [0.4, 0.5) is 0 Å². The number of rotatable bonds is 12. The number of azide groups is 1. The maximum atomic E-state index is 13.6. The summed E-state index contributed by atoms with van der Waals surface area (Å²) in [7, 11) is -2.01. The molecule has 1 unspecified atom stereocenters. The average Bonchev–Trinajstić information content (AvgIpc) is 3.24. The minimum Gasteiger partial charge on any atom is -0.453 e. The van der Waals surface area contributed by atoms with Gasteiger partial charge >= 0.3 is 25.5 Å². The standard InChI is InChI=1S/C24H27ClN5O13P/c1-36-11-18(32)40-20-21(41-19(33)12-37-2)24(28-29-26,42-22(20)30-8-6-17(31)27-23(30)34)13-39-44(35)38-9-7-16(43-44)14-4-3-5-15(25)10-14/h3-6,8,10,16,20-22H,7,9,11-13H2,1-2H3,(H,27,31,34)/t16-,20+,21-,22+,24+,44?/m0/s1. The molecular formula is C24H27ClN5O13P. The van der Waals surface area contributed by atoms with Crippen LogP contribution in [0.1, 0.15) is 24.3 Å². The fourth-order valence-electron chi connectivity index (χ4n) is 4.45. The van der Waals surface area contributed by atoms with Gasteiger partial charge < -0.3 is 23.7 Å². The number of hydrogen-bond donors (Lipinski definition) is 1. The summed E-state index contributed by atoms with van der Waals surface area (Å²) >= 11 is 6.08. The van der Waals surface area contributed by atoms with Crippen LogP contribution in [0.25, 0.3) is 10.4 Å². The molecule has 1 aromatic carbocycles. The average molecular weight is 660 g/mol. The van der Waals surface area contributed by atoms with E-state index in [0.29, 0.717) is 10.6 Å². The van der Waals surface area contributed by atoms with E-state index in [1.807, 2.05) is 4.98 Å². The molecule has 0 aliphatic carbocycles. The van der Waals surface area contributed by atoms with Crippen LogP contribution < -0.4 is 11.2 Å². The fraction of sp³-hybridized carbons (Fsp3) is 0.500. The smallest absolute Gasteiger partial charge is 0.453 e. The predicted octanol–water partition coefficient (Wildman–Crippen LogP) is 2.14. The monoisotopic (exact) mass is 659 g/mol. The number of benzene rings is 1. The Labute approximate surface area is 253 Å². The molecule has 1 N–H and O–H groups in total. The van der Waals surface area contributed by atoms with E-state index in [0.717, 1.165) is 16.8 Å². The summed E-state index contributed by atoms with van der Waals surface area (Å²) in [5.41, 5.74) is 5.88. The number of phosphoric ester groups is 1. The van der Waals surface area contributed by atoms with E-state index in [4.69, 9.17) is 48.9 Å². The number of H-pyrrole nitrogens is 1. The van der Waals surface area contributed by atoms with Crippen molar-refractivity contribution < 1.29 is 51.4 Å². The Morgan fingerprint density at radius 2 is 1.93 bits per heavy atom. The van der Waals surface area contributed by atoms with Crippen molar-refractivity contribution in [2.75, 3.05) is 40.6 Å². The van der Waals surface area contributed by atoms with Gasteiger partial charge in [0.15, 0.2) is 18.4 Å². The van der Waals surface area contributed by atoms with Gasteiger partial charge in [-0.15, -0.1) is 0 Å². The molecule has 18 nitrogen and oxygen atoms in total. The van der Waals surface area contributed by atoms with E-state index in [9.17, 15) is 29.3 Å². The van der Waals surface area contributed by atoms with Gasteiger partial charge in [0.1, 0.15) is 13.2 Å². The first-order valence-electron chi connectivity index (χ1n) is 12.8. The molecule has 2 aliphatic rings. The molecular weight excluding hydrogens is 633 g/mol. The molecule has 20 heteroatoms. The number of carbonyl (C=O) groups excluding carboxylic acids is 2. The lowest BCUT2D eigenvalue weighted by atomic mass is 10.1. The van der Waals surface area contributed by atoms with Crippen molar-refractivity contribution >= 4 is 31.4 Å². The van der Waals surface area contributed by atoms with E-state index in [1.54, 1.807) is 24.3 Å². The normalized spacial score (nSPS) is 28.2. The van der Waals surface area contributed by atoms with Crippen molar-refractivity contribution in [2.45, 2.75) is 36.7 Å².